The third kappa shape index (κ3) is 3.34. The van der Waals surface area contributed by atoms with Crippen molar-refractivity contribution in [3.8, 4) is 0 Å². The molecule has 40 heavy (non-hydrogen) atoms. The van der Waals surface area contributed by atoms with E-state index in [1.165, 1.54) is 12.1 Å². The van der Waals surface area contributed by atoms with Crippen molar-refractivity contribution in [2.45, 2.75) is 18.0 Å². The van der Waals surface area contributed by atoms with Gasteiger partial charge in [-0.2, -0.15) is 0 Å². The number of nitrogens with zero attached hydrogens (tertiary/aromatic N) is 1. The van der Waals surface area contributed by atoms with E-state index in [0.29, 0.717) is 43.5 Å². The van der Waals surface area contributed by atoms with Gasteiger partial charge >= 0.3 is 0 Å². The Bertz CT molecular complexity index is 1750. The Morgan fingerprint density at radius 2 is 1.50 bits per heavy atom. The maximum atomic E-state index is 14.6. The third-order valence-electron chi connectivity index (χ3n) is 8.37. The van der Waals surface area contributed by atoms with Crippen LogP contribution in [0.15, 0.2) is 97.1 Å². The lowest BCUT2D eigenvalue weighted by Crippen LogP contribution is -2.48. The van der Waals surface area contributed by atoms with Crippen LogP contribution in [0.2, 0.25) is 10.0 Å². The van der Waals surface area contributed by atoms with Crippen LogP contribution < -0.4 is 4.90 Å². The molecule has 4 aromatic carbocycles. The number of ketones is 3. The molecule has 0 aromatic heterocycles. The fourth-order valence-electron chi connectivity index (χ4n) is 6.81. The van der Waals surface area contributed by atoms with Gasteiger partial charge in [0, 0.05) is 43.9 Å². The molecule has 0 amide bonds. The molecule has 1 saturated heterocycles. The van der Waals surface area contributed by atoms with Crippen LogP contribution in [0, 0.1) is 11.2 Å². The maximum Gasteiger partial charge on any atom is 0.185 e. The van der Waals surface area contributed by atoms with Gasteiger partial charge in [-0.25, -0.2) is 4.39 Å². The fourth-order valence-corrected chi connectivity index (χ4v) is 7.13. The van der Waals surface area contributed by atoms with Gasteiger partial charge in [0.1, 0.15) is 17.3 Å². The molecule has 196 valence electrons. The smallest absolute Gasteiger partial charge is 0.185 e. The first-order valence-electron chi connectivity index (χ1n) is 12.8. The van der Waals surface area contributed by atoms with Crippen molar-refractivity contribution in [2.75, 3.05) is 4.90 Å². The quantitative estimate of drug-likeness (QED) is 0.190. The highest BCUT2D eigenvalue weighted by Crippen LogP contribution is 2.61. The van der Waals surface area contributed by atoms with Gasteiger partial charge in [0.2, 0.25) is 0 Å². The minimum absolute atomic E-state index is 0.286. The Morgan fingerprint density at radius 1 is 0.800 bits per heavy atom. The molecule has 4 nitrogen and oxygen atoms in total. The summed E-state index contributed by atoms with van der Waals surface area (Å²) in [5.74, 6) is -2.29. The summed E-state index contributed by atoms with van der Waals surface area (Å²) in [6.07, 6.45) is 3.49. The average Bonchev–Trinajstić information content (AvgIpc) is 3.39. The molecule has 3 atom stereocenters. The summed E-state index contributed by atoms with van der Waals surface area (Å²) in [7, 11) is 0. The average molecular weight is 568 g/mol. The van der Waals surface area contributed by atoms with Gasteiger partial charge in [-0.05, 0) is 60.2 Å². The van der Waals surface area contributed by atoms with Crippen molar-refractivity contribution >= 4 is 52.3 Å². The van der Waals surface area contributed by atoms with Crippen molar-refractivity contribution in [3.63, 3.8) is 0 Å². The molecule has 2 aliphatic heterocycles. The zero-order valence-corrected chi connectivity index (χ0v) is 22.4. The molecule has 4 aromatic rings. The van der Waals surface area contributed by atoms with Gasteiger partial charge in [-0.1, -0.05) is 71.8 Å². The Labute approximate surface area is 239 Å². The predicted octanol–water partition coefficient (Wildman–Crippen LogP) is 7.45. The minimum atomic E-state index is -1.65. The monoisotopic (exact) mass is 567 g/mol. The highest BCUT2D eigenvalue weighted by molar-refractivity contribution is 6.33. The summed E-state index contributed by atoms with van der Waals surface area (Å²) >= 11 is 12.6. The van der Waals surface area contributed by atoms with Crippen molar-refractivity contribution < 1.29 is 18.8 Å². The number of anilines is 1. The lowest BCUT2D eigenvalue weighted by atomic mass is 9.64. The summed E-state index contributed by atoms with van der Waals surface area (Å²) < 4.78 is 14.3. The highest BCUT2D eigenvalue weighted by Gasteiger charge is 2.71. The second-order valence-electron chi connectivity index (χ2n) is 10.3. The van der Waals surface area contributed by atoms with E-state index in [-0.39, 0.29) is 17.3 Å². The maximum absolute atomic E-state index is 14.6. The van der Waals surface area contributed by atoms with Crippen LogP contribution >= 0.6 is 23.2 Å². The number of hydrogen-bond donors (Lipinski definition) is 0. The summed E-state index contributed by atoms with van der Waals surface area (Å²) in [5, 5.41) is 0.894. The number of carbonyl (C=O) groups is 3. The topological polar surface area (TPSA) is 54.5 Å². The number of hydrogen-bond acceptors (Lipinski definition) is 4. The van der Waals surface area contributed by atoms with Crippen LogP contribution in [0.4, 0.5) is 10.1 Å². The molecular formula is C33H20Cl2FNO3. The van der Waals surface area contributed by atoms with Crippen LogP contribution in [0.5, 0.6) is 0 Å². The molecule has 7 rings (SSSR count). The van der Waals surface area contributed by atoms with E-state index >= 15 is 0 Å². The van der Waals surface area contributed by atoms with Gasteiger partial charge < -0.3 is 4.90 Å². The van der Waals surface area contributed by atoms with Gasteiger partial charge in [-0.3, -0.25) is 14.4 Å². The molecule has 2 heterocycles. The van der Waals surface area contributed by atoms with Crippen LogP contribution in [-0.4, -0.2) is 29.4 Å². The van der Waals surface area contributed by atoms with Crippen molar-refractivity contribution in [1.82, 2.24) is 0 Å². The minimum Gasteiger partial charge on any atom is -0.352 e. The number of Topliss-reactive ketones (excluding diaryl/α,β-unsaturated/α-hetero) is 3. The fraction of sp³-hybridized carbons (Fsp3) is 0.121. The van der Waals surface area contributed by atoms with Crippen molar-refractivity contribution in [1.29, 1.82) is 0 Å². The number of benzene rings is 4. The van der Waals surface area contributed by atoms with Gasteiger partial charge in [0.25, 0.3) is 0 Å². The molecule has 0 unspecified atom stereocenters. The van der Waals surface area contributed by atoms with Gasteiger partial charge in [0.05, 0.1) is 6.04 Å². The third-order valence-corrected chi connectivity index (χ3v) is 8.86. The molecule has 0 radical (unpaired) electrons. The molecule has 7 heteroatoms. The summed E-state index contributed by atoms with van der Waals surface area (Å²) in [6, 6.07) is 22.8. The number of rotatable bonds is 3. The van der Waals surface area contributed by atoms with Crippen molar-refractivity contribution in [3.05, 3.63) is 141 Å². The Kier molecular flexibility index (Phi) is 5.60. The molecule has 1 aliphatic carbocycles. The summed E-state index contributed by atoms with van der Waals surface area (Å²) in [4.78, 5) is 45.5. The van der Waals surface area contributed by atoms with Gasteiger partial charge in [0.15, 0.2) is 17.3 Å². The SMILES string of the molecule is O=C(c1ccc(Cl)cc1)[C@@H]1[C@H](c2cccc(Cl)c2)C2(C(=O)c3ccccc3C2=O)[C@@H]2C=Cc3cc(F)ccc3N12. The lowest BCUT2D eigenvalue weighted by Gasteiger charge is -2.37. The molecule has 0 saturated carbocycles. The molecule has 1 fully saturated rings. The lowest BCUT2D eigenvalue weighted by molar-refractivity contribution is 0.0666. The largest absolute Gasteiger partial charge is 0.352 e. The number of halogens is 3. The normalized spacial score (nSPS) is 21.9. The highest BCUT2D eigenvalue weighted by atomic mass is 35.5. The van der Waals surface area contributed by atoms with Crippen LogP contribution in [-0.2, 0) is 0 Å². The van der Waals surface area contributed by atoms with Gasteiger partial charge in [-0.15, -0.1) is 0 Å². The van der Waals surface area contributed by atoms with E-state index in [1.54, 1.807) is 91.0 Å². The zero-order valence-electron chi connectivity index (χ0n) is 20.9. The van der Waals surface area contributed by atoms with Crippen LogP contribution in [0.1, 0.15) is 48.1 Å². The second kappa shape index (κ2) is 8.98. The first-order valence-corrected chi connectivity index (χ1v) is 13.6. The predicted molar refractivity (Wildman–Crippen MR) is 153 cm³/mol. The molecule has 0 bridgehead atoms. The van der Waals surface area contributed by atoms with E-state index in [1.807, 2.05) is 4.90 Å². The van der Waals surface area contributed by atoms with E-state index in [2.05, 4.69) is 0 Å². The number of carbonyl (C=O) groups excluding carboxylic acids is 3. The van der Waals surface area contributed by atoms with Crippen molar-refractivity contribution in [2.24, 2.45) is 5.41 Å². The Balaban J connectivity index is 1.55. The standard InChI is InChI=1S/C33H20Cl2FNO3/c34-21-11-8-18(9-12-21)30(38)29-28(20-4-3-5-22(35)16-20)33(31(39)24-6-1-2-7-25(24)32(33)40)27-15-10-19-17-23(36)13-14-26(19)37(27)29/h1-17,27-29H/t27-,28-,29-/m0/s1. The first-order chi connectivity index (χ1) is 19.3. The van der Waals surface area contributed by atoms with E-state index < -0.39 is 29.2 Å². The molecule has 0 N–H and O–H groups in total. The molecular weight excluding hydrogens is 548 g/mol. The van der Waals surface area contributed by atoms with E-state index in [0.717, 1.165) is 0 Å². The Hall–Kier alpha value is -4.06. The van der Waals surface area contributed by atoms with Crippen LogP contribution in [0.25, 0.3) is 6.08 Å². The van der Waals surface area contributed by atoms with Crippen LogP contribution in [0.3, 0.4) is 0 Å². The van der Waals surface area contributed by atoms with E-state index in [4.69, 9.17) is 23.2 Å². The summed E-state index contributed by atoms with van der Waals surface area (Å²) in [6.45, 7) is 0. The number of fused-ring (bicyclic) bond motifs is 5. The molecule has 3 aliphatic rings. The zero-order chi connectivity index (χ0) is 27.8. The molecule has 1 spiro atoms. The Morgan fingerprint density at radius 3 is 2.17 bits per heavy atom. The summed E-state index contributed by atoms with van der Waals surface area (Å²) in [5.41, 5.74) is 1.12. The first kappa shape index (κ1) is 24.9. The second-order valence-corrected chi connectivity index (χ2v) is 11.2. The van der Waals surface area contributed by atoms with E-state index in [9.17, 15) is 18.8 Å².